The average Bonchev–Trinajstić information content (AvgIpc) is 3.39. The molecule has 3 atom stereocenters. The van der Waals surface area contributed by atoms with E-state index < -0.39 is 0 Å². The Bertz CT molecular complexity index is 1610. The summed E-state index contributed by atoms with van der Waals surface area (Å²) in [6, 6.07) is 5.86. The predicted molar refractivity (Wildman–Crippen MR) is 346 cm³/mol. The van der Waals surface area contributed by atoms with Gasteiger partial charge in [0.05, 0.1) is 26.3 Å². The fourth-order valence-electron chi connectivity index (χ4n) is 5.21. The van der Waals surface area contributed by atoms with Gasteiger partial charge in [-0.3, -0.25) is 28.9 Å². The van der Waals surface area contributed by atoms with Gasteiger partial charge in [0.15, 0.2) is 6.20 Å². The summed E-state index contributed by atoms with van der Waals surface area (Å²) in [5, 5.41) is 9.19. The maximum Gasteiger partial charge on any atom is 0.375 e. The van der Waals surface area contributed by atoms with Crippen molar-refractivity contribution in [2.75, 3.05) is 14.1 Å². The third-order valence-corrected chi connectivity index (χ3v) is 11.5. The molecule has 0 aliphatic carbocycles. The van der Waals surface area contributed by atoms with E-state index in [4.69, 9.17) is 14.2 Å². The zero-order valence-corrected chi connectivity index (χ0v) is 59.1. The number of likely N-dealkylation sites (N-methyl/N-ethyl adjacent to an activating group) is 1. The Hall–Kier alpha value is -3.61. The Morgan fingerprint density at radius 1 is 0.568 bits per heavy atom. The Labute approximate surface area is 510 Å². The Morgan fingerprint density at radius 3 is 1.11 bits per heavy atom. The highest BCUT2D eigenvalue weighted by atomic mass is 35.5. The maximum atomic E-state index is 11.0. The number of aromatic nitrogens is 1. The molecule has 1 aromatic heterocycles. The highest BCUT2D eigenvalue weighted by Crippen LogP contribution is 2.26. The lowest BCUT2D eigenvalue weighted by atomic mass is 9.87. The number of nitrogens with zero attached hydrogens (tertiary/aromatic N) is 2. The molecule has 13 heteroatoms. The van der Waals surface area contributed by atoms with Gasteiger partial charge in [0, 0.05) is 57.0 Å². The second-order valence-corrected chi connectivity index (χ2v) is 24.0. The van der Waals surface area contributed by atoms with Crippen molar-refractivity contribution in [3.8, 4) is 5.88 Å². The zero-order valence-electron chi connectivity index (χ0n) is 58.3. The van der Waals surface area contributed by atoms with Gasteiger partial charge >= 0.3 is 23.8 Å². The summed E-state index contributed by atoms with van der Waals surface area (Å²) in [6.45, 7) is 56.4. The van der Waals surface area contributed by atoms with Crippen LogP contribution in [0.2, 0.25) is 0 Å². The molecule has 0 saturated carbocycles. The van der Waals surface area contributed by atoms with Crippen molar-refractivity contribution in [1.82, 2.24) is 4.90 Å². The number of Topliss-reactive ketones (excluding diaryl/α,β-unsaturated/α-hetero) is 1. The van der Waals surface area contributed by atoms with E-state index in [-0.39, 0.29) is 83.6 Å². The Morgan fingerprint density at radius 2 is 0.926 bits per heavy atom. The van der Waals surface area contributed by atoms with Crippen LogP contribution in [-0.4, -0.2) is 78.1 Å². The summed E-state index contributed by atoms with van der Waals surface area (Å²) in [6.07, 6.45) is 24.1. The molecule has 0 bridgehead atoms. The number of aliphatic hydroxyl groups is 1. The molecule has 1 aliphatic rings. The first-order valence-corrected chi connectivity index (χ1v) is 30.4. The second-order valence-electron chi connectivity index (χ2n) is 24.0. The molecule has 81 heavy (non-hydrogen) atoms. The normalized spacial score (nSPS) is 12.2. The van der Waals surface area contributed by atoms with Crippen LogP contribution in [0.4, 0.5) is 0 Å². The minimum absolute atomic E-state index is 0. The van der Waals surface area contributed by atoms with E-state index in [2.05, 4.69) is 111 Å². The number of hydrogen-bond donors (Lipinski definition) is 2. The number of aliphatic hydroxyl groups excluding tert-OH is 1. The van der Waals surface area contributed by atoms with E-state index in [9.17, 15) is 29.1 Å². The largest absolute Gasteiger partial charge is 1.00 e. The molecule has 2 heterocycles. The fourth-order valence-corrected chi connectivity index (χ4v) is 5.21. The lowest BCUT2D eigenvalue weighted by Crippen LogP contribution is -3.09. The number of ketones is 1. The van der Waals surface area contributed by atoms with Crippen molar-refractivity contribution in [1.29, 1.82) is 0 Å². The van der Waals surface area contributed by atoms with Crippen molar-refractivity contribution in [3.05, 3.63) is 48.9 Å². The number of unbranched alkanes of at least 4 members (excludes halogenated alkanes) is 4. The monoisotopic (exact) mass is 1180 g/mol. The van der Waals surface area contributed by atoms with Crippen molar-refractivity contribution in [2.24, 2.45) is 28.7 Å². The molecule has 0 spiro atoms. The molecule has 0 fully saturated rings. The van der Waals surface area contributed by atoms with Gasteiger partial charge in [0.25, 0.3) is 0 Å². The number of rotatable bonds is 14. The van der Waals surface area contributed by atoms with Crippen LogP contribution in [0.3, 0.4) is 0 Å². The first-order valence-electron chi connectivity index (χ1n) is 30.4. The van der Waals surface area contributed by atoms with Crippen molar-refractivity contribution >= 4 is 29.6 Å². The number of halogens is 1. The number of carbonyl (C=O) groups excluding carboxylic acids is 5. The quantitative estimate of drug-likeness (QED) is 0.137. The van der Waals surface area contributed by atoms with Gasteiger partial charge in [-0.2, -0.15) is 4.57 Å². The summed E-state index contributed by atoms with van der Waals surface area (Å²) in [5.41, 5.74) is 0.0451. The van der Waals surface area contributed by atoms with Crippen LogP contribution in [0.15, 0.2) is 48.9 Å². The second kappa shape index (κ2) is 61.0. The van der Waals surface area contributed by atoms with Crippen LogP contribution in [0.5, 0.6) is 5.88 Å². The van der Waals surface area contributed by atoms with Crippen molar-refractivity contribution < 1.29 is 65.2 Å². The molecule has 12 nitrogen and oxygen atoms in total. The van der Waals surface area contributed by atoms with Gasteiger partial charge < -0.3 is 36.6 Å². The summed E-state index contributed by atoms with van der Waals surface area (Å²) in [5.74, 6) is 0.455. The summed E-state index contributed by atoms with van der Waals surface area (Å²) >= 11 is 0. The Balaban J connectivity index is -0.0000000885. The molecular formula is C68H139ClN3O9+. The van der Waals surface area contributed by atoms with Gasteiger partial charge in [-0.1, -0.05) is 239 Å². The Kier molecular flexibility index (Phi) is 74.8. The third-order valence-electron chi connectivity index (χ3n) is 11.5. The van der Waals surface area contributed by atoms with E-state index in [0.717, 1.165) is 19.3 Å². The molecule has 486 valence electrons. The van der Waals surface area contributed by atoms with E-state index in [1.54, 1.807) is 29.4 Å². The predicted octanol–water partition coefficient (Wildman–Crippen LogP) is 14.0. The third kappa shape index (κ3) is 70.6. The van der Waals surface area contributed by atoms with Crippen LogP contribution >= 0.6 is 0 Å². The average molecular weight is 1180 g/mol. The highest BCUT2D eigenvalue weighted by molar-refractivity contribution is 5.83. The van der Waals surface area contributed by atoms with Gasteiger partial charge in [0.2, 0.25) is 5.91 Å². The van der Waals surface area contributed by atoms with E-state index in [1.807, 2.05) is 126 Å². The molecule has 3 unspecified atom stereocenters. The smallest absolute Gasteiger partial charge is 0.375 e. The zero-order chi connectivity index (χ0) is 64.2. The van der Waals surface area contributed by atoms with Crippen LogP contribution in [0.25, 0.3) is 0 Å². The van der Waals surface area contributed by atoms with Gasteiger partial charge in [-0.05, 0) is 53.7 Å². The van der Waals surface area contributed by atoms with Crippen LogP contribution in [0, 0.1) is 21.7 Å². The maximum absolute atomic E-state index is 11.0. The first kappa shape index (κ1) is 99.4. The van der Waals surface area contributed by atoms with E-state index >= 15 is 0 Å². The van der Waals surface area contributed by atoms with Crippen molar-refractivity contribution in [3.63, 3.8) is 0 Å². The standard InChI is InChI=1S/C10H20O2.C9H14N2O.C9H12NO2.C9H18O2.C7H16O.C7H14O.4C4H10.CH4.ClH/c1-6-8(10(3,4)5)12-9(11)7-2;1-8(12)11-6-4-9(5-7-11)10(2)3;1-3-9(11)12-8-6-4-5-7-10(8)2;1-6-8(9(3,4)5)11-7(2)10;2*1-5-6(8)7(2,3)4;4*1-3-4-2;;/h8H,6-7H2,1-5H3;4-7,9H,1-3H3;4-7H,3H2,1-2H3;8H,6H2,1-5H3;6,8H,5H2,1-4H3;5H2,1-4H3;4*3-4H2,1-2H3;1H4;1H/q;;+1;;;;;;;;;. The summed E-state index contributed by atoms with van der Waals surface area (Å²) in [7, 11) is 6.00. The SMILES string of the molecule is C.CC(=O)N1C=CC([NH+](C)C)C=C1.CCC(=O)C(C)(C)C.CCC(=O)OC(CC)C(C)(C)C.CCC(=O)Oc1cccc[n+]1C.CCC(O)C(C)(C)C.CCC(OC(C)=O)C(C)(C)C.CCCC.CCCC.CCCC.CCCC.[Cl-]. The van der Waals surface area contributed by atoms with Crippen LogP contribution in [0.1, 0.15) is 291 Å². The number of nitrogens with one attached hydrogen (secondary N) is 1. The molecule has 1 amide bonds. The molecule has 0 radical (unpaired) electrons. The topological polar surface area (TPSA) is 145 Å². The van der Waals surface area contributed by atoms with E-state index in [0.29, 0.717) is 37.0 Å². The summed E-state index contributed by atoms with van der Waals surface area (Å²) < 4.78 is 17.2. The number of pyridine rings is 1. The van der Waals surface area contributed by atoms with Crippen LogP contribution < -0.4 is 26.6 Å². The molecule has 0 aromatic carbocycles. The van der Waals surface area contributed by atoms with Gasteiger partial charge in [0.1, 0.15) is 31.1 Å². The minimum Gasteiger partial charge on any atom is -1.00 e. The van der Waals surface area contributed by atoms with E-state index in [1.165, 1.54) is 63.2 Å². The lowest BCUT2D eigenvalue weighted by Gasteiger charge is -2.29. The molecule has 1 aliphatic heterocycles. The first-order chi connectivity index (χ1) is 36.3. The number of aryl methyl sites for hydroxylation is 1. The fraction of sp³-hybridized carbons (Fsp3) is 0.794. The number of esters is 3. The highest BCUT2D eigenvalue weighted by Gasteiger charge is 2.27. The number of carbonyl (C=O) groups is 5. The molecule has 2 rings (SSSR count). The van der Waals surface area contributed by atoms with Crippen LogP contribution in [-0.2, 0) is 40.5 Å². The molecule has 0 saturated heterocycles. The number of hydrogen-bond acceptors (Lipinski definition) is 9. The number of ether oxygens (including phenoxy) is 3. The number of quaternary nitrogens is 1. The van der Waals surface area contributed by atoms with Gasteiger partial charge in [-0.25, -0.2) is 0 Å². The summed E-state index contributed by atoms with van der Waals surface area (Å²) in [4.78, 5) is 57.2. The molecular weight excluding hydrogens is 1040 g/mol. The lowest BCUT2D eigenvalue weighted by molar-refractivity contribution is -0.871. The molecule has 1 aromatic rings. The van der Waals surface area contributed by atoms with Crippen molar-refractivity contribution in [2.45, 2.75) is 316 Å². The minimum atomic E-state index is -0.211. The molecule has 2 N–H and O–H groups in total. The number of amides is 1. The van der Waals surface area contributed by atoms with Gasteiger partial charge in [-0.15, -0.1) is 0 Å².